The largest absolute Gasteiger partial charge is 0.469 e. The summed E-state index contributed by atoms with van der Waals surface area (Å²) in [6.45, 7) is 4.47. The van der Waals surface area contributed by atoms with Gasteiger partial charge >= 0.3 is 5.97 Å². The molecule has 0 aromatic carbocycles. The lowest BCUT2D eigenvalue weighted by atomic mass is 10.1. The molecule has 0 aromatic heterocycles. The molecular formula is C15H31NO2. The molecule has 0 amide bonds. The van der Waals surface area contributed by atoms with Crippen LogP contribution in [0.3, 0.4) is 0 Å². The third-order valence-electron chi connectivity index (χ3n) is 3.17. The molecule has 0 atom stereocenters. The zero-order valence-corrected chi connectivity index (χ0v) is 12.3. The van der Waals surface area contributed by atoms with Crippen molar-refractivity contribution in [2.24, 2.45) is 0 Å². The van der Waals surface area contributed by atoms with E-state index in [9.17, 15) is 4.79 Å². The molecule has 108 valence electrons. The minimum Gasteiger partial charge on any atom is -0.469 e. The zero-order valence-electron chi connectivity index (χ0n) is 12.3. The Bertz CT molecular complexity index is 183. The Hall–Kier alpha value is -0.570. The normalized spacial score (nSPS) is 10.6. The number of carbonyl (C=O) groups excluding carboxylic acids is 1. The highest BCUT2D eigenvalue weighted by atomic mass is 16.5. The molecule has 3 nitrogen and oxygen atoms in total. The van der Waals surface area contributed by atoms with Gasteiger partial charge in [0, 0.05) is 6.42 Å². The second-order valence-electron chi connectivity index (χ2n) is 4.90. The molecule has 0 fully saturated rings. The molecule has 0 aliphatic carbocycles. The van der Waals surface area contributed by atoms with Crippen LogP contribution >= 0.6 is 0 Å². The summed E-state index contributed by atoms with van der Waals surface area (Å²) in [6, 6.07) is 0. The smallest absolute Gasteiger partial charge is 0.305 e. The Kier molecular flexibility index (Phi) is 14.0. The summed E-state index contributed by atoms with van der Waals surface area (Å²) in [5, 5.41) is 3.46. The SMILES string of the molecule is CCCCCCCCNCCCCCC(=O)OC. The fourth-order valence-corrected chi connectivity index (χ4v) is 1.95. The van der Waals surface area contributed by atoms with Crippen LogP contribution in [0.1, 0.15) is 71.1 Å². The molecule has 3 heteroatoms. The van der Waals surface area contributed by atoms with E-state index in [0.29, 0.717) is 6.42 Å². The molecule has 0 heterocycles. The van der Waals surface area contributed by atoms with Gasteiger partial charge in [0.05, 0.1) is 7.11 Å². The zero-order chi connectivity index (χ0) is 13.5. The van der Waals surface area contributed by atoms with Gasteiger partial charge in [-0.25, -0.2) is 0 Å². The molecule has 18 heavy (non-hydrogen) atoms. The van der Waals surface area contributed by atoms with Crippen LogP contribution in [0.5, 0.6) is 0 Å². The lowest BCUT2D eigenvalue weighted by molar-refractivity contribution is -0.140. The summed E-state index contributed by atoms with van der Waals surface area (Å²) < 4.78 is 4.60. The molecular weight excluding hydrogens is 226 g/mol. The summed E-state index contributed by atoms with van der Waals surface area (Å²) in [5.41, 5.74) is 0. The first kappa shape index (κ1) is 17.4. The van der Waals surface area contributed by atoms with E-state index >= 15 is 0 Å². The highest BCUT2D eigenvalue weighted by molar-refractivity contribution is 5.68. The predicted octanol–water partition coefficient (Wildman–Crippen LogP) is 3.67. The maximum atomic E-state index is 10.9. The highest BCUT2D eigenvalue weighted by Crippen LogP contribution is 2.04. The fraction of sp³-hybridized carbons (Fsp3) is 0.933. The van der Waals surface area contributed by atoms with Gasteiger partial charge in [0.1, 0.15) is 0 Å². The molecule has 0 saturated heterocycles. The van der Waals surface area contributed by atoms with Gasteiger partial charge < -0.3 is 10.1 Å². The lowest BCUT2D eigenvalue weighted by Gasteiger charge is -2.04. The molecule has 0 rings (SSSR count). The maximum Gasteiger partial charge on any atom is 0.305 e. The van der Waals surface area contributed by atoms with Gasteiger partial charge in [0.25, 0.3) is 0 Å². The monoisotopic (exact) mass is 257 g/mol. The van der Waals surface area contributed by atoms with Gasteiger partial charge in [-0.15, -0.1) is 0 Å². The van der Waals surface area contributed by atoms with Crippen LogP contribution in [0, 0.1) is 0 Å². The number of unbranched alkanes of at least 4 members (excludes halogenated alkanes) is 7. The average Bonchev–Trinajstić information content (AvgIpc) is 2.39. The summed E-state index contributed by atoms with van der Waals surface area (Å²) in [4.78, 5) is 10.9. The Morgan fingerprint density at radius 1 is 0.889 bits per heavy atom. The van der Waals surface area contributed by atoms with Crippen LogP contribution in [-0.4, -0.2) is 26.2 Å². The van der Waals surface area contributed by atoms with Crippen molar-refractivity contribution in [2.45, 2.75) is 71.1 Å². The van der Waals surface area contributed by atoms with Crippen molar-refractivity contribution in [2.75, 3.05) is 20.2 Å². The summed E-state index contributed by atoms with van der Waals surface area (Å²) in [7, 11) is 1.45. The van der Waals surface area contributed by atoms with Crippen LogP contribution < -0.4 is 5.32 Å². The molecule has 1 N–H and O–H groups in total. The van der Waals surface area contributed by atoms with E-state index in [4.69, 9.17) is 0 Å². The topological polar surface area (TPSA) is 38.3 Å². The third-order valence-corrected chi connectivity index (χ3v) is 3.17. The number of hydrogen-bond donors (Lipinski definition) is 1. The molecule has 0 aliphatic heterocycles. The summed E-state index contributed by atoms with van der Waals surface area (Å²) in [6.07, 6.45) is 11.9. The van der Waals surface area contributed by atoms with Gasteiger partial charge in [-0.05, 0) is 32.4 Å². The van der Waals surface area contributed by atoms with Gasteiger partial charge in [-0.2, -0.15) is 0 Å². The van der Waals surface area contributed by atoms with Crippen LogP contribution in [0.2, 0.25) is 0 Å². The van der Waals surface area contributed by atoms with Gasteiger partial charge in [0.2, 0.25) is 0 Å². The van der Waals surface area contributed by atoms with E-state index in [2.05, 4.69) is 17.0 Å². The minimum absolute atomic E-state index is 0.0879. The van der Waals surface area contributed by atoms with Crippen LogP contribution in [0.25, 0.3) is 0 Å². The van der Waals surface area contributed by atoms with Crippen LogP contribution in [0.4, 0.5) is 0 Å². The Labute approximate surface area is 113 Å². The lowest BCUT2D eigenvalue weighted by Crippen LogP contribution is -2.16. The van der Waals surface area contributed by atoms with Gasteiger partial charge in [0.15, 0.2) is 0 Å². The van der Waals surface area contributed by atoms with E-state index in [1.165, 1.54) is 45.6 Å². The van der Waals surface area contributed by atoms with Crippen LogP contribution in [-0.2, 0) is 9.53 Å². The molecule has 0 spiro atoms. The number of esters is 1. The molecule has 0 bridgehead atoms. The van der Waals surface area contributed by atoms with E-state index in [1.54, 1.807) is 0 Å². The number of nitrogens with one attached hydrogen (secondary N) is 1. The van der Waals surface area contributed by atoms with Crippen molar-refractivity contribution in [3.63, 3.8) is 0 Å². The predicted molar refractivity (Wildman–Crippen MR) is 76.7 cm³/mol. The Morgan fingerprint density at radius 3 is 2.06 bits per heavy atom. The van der Waals surface area contributed by atoms with E-state index in [-0.39, 0.29) is 5.97 Å². The number of rotatable bonds is 13. The molecule has 0 aliphatic rings. The van der Waals surface area contributed by atoms with E-state index < -0.39 is 0 Å². The van der Waals surface area contributed by atoms with E-state index in [0.717, 1.165) is 32.4 Å². The van der Waals surface area contributed by atoms with Gasteiger partial charge in [-0.3, -0.25) is 4.79 Å². The molecule has 0 saturated carbocycles. The van der Waals surface area contributed by atoms with Crippen molar-refractivity contribution < 1.29 is 9.53 Å². The quantitative estimate of drug-likeness (QED) is 0.404. The molecule has 0 unspecified atom stereocenters. The standard InChI is InChI=1S/C15H31NO2/c1-3-4-5-6-7-10-13-16-14-11-8-9-12-15(17)18-2/h16H,3-14H2,1-2H3. The first-order valence-electron chi connectivity index (χ1n) is 7.58. The first-order valence-corrected chi connectivity index (χ1v) is 7.58. The second kappa shape index (κ2) is 14.5. The second-order valence-corrected chi connectivity index (χ2v) is 4.90. The number of methoxy groups -OCH3 is 1. The van der Waals surface area contributed by atoms with E-state index in [1.807, 2.05) is 0 Å². The number of hydrogen-bond acceptors (Lipinski definition) is 3. The Balaban J connectivity index is 2.97. The molecule has 0 aromatic rings. The molecule has 0 radical (unpaired) electrons. The number of ether oxygens (including phenoxy) is 1. The Morgan fingerprint density at radius 2 is 1.44 bits per heavy atom. The van der Waals surface area contributed by atoms with Crippen molar-refractivity contribution in [3.8, 4) is 0 Å². The van der Waals surface area contributed by atoms with Crippen molar-refractivity contribution >= 4 is 5.97 Å². The van der Waals surface area contributed by atoms with Crippen LogP contribution in [0.15, 0.2) is 0 Å². The van der Waals surface area contributed by atoms with Crippen molar-refractivity contribution in [3.05, 3.63) is 0 Å². The third kappa shape index (κ3) is 13.5. The summed E-state index contributed by atoms with van der Waals surface area (Å²) in [5.74, 6) is -0.0879. The van der Waals surface area contributed by atoms with Gasteiger partial charge in [-0.1, -0.05) is 45.4 Å². The number of carbonyl (C=O) groups is 1. The first-order chi connectivity index (χ1) is 8.81. The van der Waals surface area contributed by atoms with Crippen molar-refractivity contribution in [1.29, 1.82) is 0 Å². The minimum atomic E-state index is -0.0879. The van der Waals surface area contributed by atoms with Crippen molar-refractivity contribution in [1.82, 2.24) is 5.32 Å². The fourth-order valence-electron chi connectivity index (χ4n) is 1.95. The maximum absolute atomic E-state index is 10.9. The summed E-state index contributed by atoms with van der Waals surface area (Å²) >= 11 is 0. The highest BCUT2D eigenvalue weighted by Gasteiger charge is 1.98. The average molecular weight is 257 g/mol.